The second kappa shape index (κ2) is 11.0. The standard InChI is InChI=1S/C31H24BrN3O/c32-27-16-18-28(19-17-27)35-29(24-12-6-2-7-13-24)21-26(31(35)25-14-8-3-9-15-25)22-33-34-30(36)20-23-10-4-1-5-11-23/h1-19,21-22H,20H2,(H,34,36)/b33-22+. The first-order valence-corrected chi connectivity index (χ1v) is 12.5. The molecule has 5 rings (SSSR count). The number of hydrogen-bond acceptors (Lipinski definition) is 2. The lowest BCUT2D eigenvalue weighted by atomic mass is 10.1. The molecule has 0 unspecified atom stereocenters. The Morgan fingerprint density at radius 1 is 0.778 bits per heavy atom. The third kappa shape index (κ3) is 5.37. The lowest BCUT2D eigenvalue weighted by molar-refractivity contribution is -0.120. The van der Waals surface area contributed by atoms with Crippen molar-refractivity contribution in [2.45, 2.75) is 6.42 Å². The zero-order valence-electron chi connectivity index (χ0n) is 19.5. The van der Waals surface area contributed by atoms with Gasteiger partial charge in [0.25, 0.3) is 0 Å². The Kier molecular flexibility index (Phi) is 7.20. The zero-order chi connectivity index (χ0) is 24.7. The average Bonchev–Trinajstić information content (AvgIpc) is 3.30. The predicted octanol–water partition coefficient (Wildman–Crippen LogP) is 7.27. The lowest BCUT2D eigenvalue weighted by Gasteiger charge is -2.15. The molecule has 0 aliphatic rings. The van der Waals surface area contributed by atoms with Gasteiger partial charge in [0.2, 0.25) is 5.91 Å². The molecule has 0 aliphatic carbocycles. The summed E-state index contributed by atoms with van der Waals surface area (Å²) in [6.45, 7) is 0. The molecule has 1 amide bonds. The molecule has 4 nitrogen and oxygen atoms in total. The van der Waals surface area contributed by atoms with Crippen LogP contribution in [0.4, 0.5) is 0 Å². The third-order valence-electron chi connectivity index (χ3n) is 5.83. The van der Waals surface area contributed by atoms with Gasteiger partial charge in [-0.2, -0.15) is 5.10 Å². The Labute approximate surface area is 219 Å². The fourth-order valence-corrected chi connectivity index (χ4v) is 4.46. The highest BCUT2D eigenvalue weighted by Gasteiger charge is 2.18. The van der Waals surface area contributed by atoms with E-state index in [0.29, 0.717) is 0 Å². The fraction of sp³-hybridized carbons (Fsp3) is 0.0323. The van der Waals surface area contributed by atoms with Crippen LogP contribution in [0.25, 0.3) is 28.2 Å². The van der Waals surface area contributed by atoms with Gasteiger partial charge in [-0.05, 0) is 47.0 Å². The van der Waals surface area contributed by atoms with Crippen LogP contribution in [0, 0.1) is 0 Å². The maximum Gasteiger partial charge on any atom is 0.244 e. The topological polar surface area (TPSA) is 46.4 Å². The van der Waals surface area contributed by atoms with Crippen LogP contribution in [0.3, 0.4) is 0 Å². The fourth-order valence-electron chi connectivity index (χ4n) is 4.19. The molecule has 1 aromatic heterocycles. The minimum Gasteiger partial charge on any atom is -0.309 e. The van der Waals surface area contributed by atoms with Crippen LogP contribution < -0.4 is 5.43 Å². The van der Waals surface area contributed by atoms with Crippen molar-refractivity contribution in [2.24, 2.45) is 5.10 Å². The summed E-state index contributed by atoms with van der Waals surface area (Å²) in [5.41, 5.74) is 9.75. The summed E-state index contributed by atoms with van der Waals surface area (Å²) >= 11 is 3.55. The molecule has 176 valence electrons. The summed E-state index contributed by atoms with van der Waals surface area (Å²) in [6, 6.07) is 40.5. The number of carbonyl (C=O) groups is 1. The van der Waals surface area contributed by atoms with Crippen LogP contribution in [0.5, 0.6) is 0 Å². The second-order valence-electron chi connectivity index (χ2n) is 8.33. The first-order valence-electron chi connectivity index (χ1n) is 11.7. The molecule has 0 radical (unpaired) electrons. The molecule has 1 N–H and O–H groups in total. The minimum atomic E-state index is -0.158. The van der Waals surface area contributed by atoms with Crippen molar-refractivity contribution in [2.75, 3.05) is 0 Å². The molecule has 0 bridgehead atoms. The largest absolute Gasteiger partial charge is 0.309 e. The molecule has 5 aromatic rings. The molecule has 0 fully saturated rings. The Morgan fingerprint density at radius 3 is 2.00 bits per heavy atom. The number of hydrogen-bond donors (Lipinski definition) is 1. The van der Waals surface area contributed by atoms with Crippen molar-refractivity contribution in [1.29, 1.82) is 0 Å². The van der Waals surface area contributed by atoms with E-state index in [-0.39, 0.29) is 12.3 Å². The molecule has 4 aromatic carbocycles. The SMILES string of the molecule is O=C(Cc1ccccc1)N/N=C/c1cc(-c2ccccc2)n(-c2ccc(Br)cc2)c1-c1ccccc1. The summed E-state index contributed by atoms with van der Waals surface area (Å²) in [7, 11) is 0. The highest BCUT2D eigenvalue weighted by Crippen LogP contribution is 2.35. The van der Waals surface area contributed by atoms with E-state index >= 15 is 0 Å². The Morgan fingerprint density at radius 2 is 1.36 bits per heavy atom. The molecule has 0 aliphatic heterocycles. The molecule has 5 heteroatoms. The number of halogens is 1. The van der Waals surface area contributed by atoms with Gasteiger partial charge in [-0.15, -0.1) is 0 Å². The molecular weight excluding hydrogens is 510 g/mol. The van der Waals surface area contributed by atoms with E-state index < -0.39 is 0 Å². The van der Waals surface area contributed by atoms with Crippen molar-refractivity contribution in [1.82, 2.24) is 9.99 Å². The lowest BCUT2D eigenvalue weighted by Crippen LogP contribution is -2.19. The zero-order valence-corrected chi connectivity index (χ0v) is 21.1. The summed E-state index contributed by atoms with van der Waals surface area (Å²) < 4.78 is 3.26. The maximum atomic E-state index is 12.5. The maximum absolute atomic E-state index is 12.5. The van der Waals surface area contributed by atoms with E-state index in [4.69, 9.17) is 0 Å². The molecule has 1 heterocycles. The van der Waals surface area contributed by atoms with Crippen LogP contribution in [-0.2, 0) is 11.2 Å². The average molecular weight is 534 g/mol. The van der Waals surface area contributed by atoms with Crippen molar-refractivity contribution >= 4 is 28.1 Å². The van der Waals surface area contributed by atoms with Gasteiger partial charge in [0, 0.05) is 15.7 Å². The number of amides is 1. The van der Waals surface area contributed by atoms with E-state index in [1.807, 2.05) is 78.9 Å². The van der Waals surface area contributed by atoms with Gasteiger partial charge in [-0.1, -0.05) is 107 Å². The van der Waals surface area contributed by atoms with E-state index in [9.17, 15) is 4.79 Å². The van der Waals surface area contributed by atoms with Crippen molar-refractivity contribution in [3.05, 3.63) is 137 Å². The highest BCUT2D eigenvalue weighted by molar-refractivity contribution is 9.10. The van der Waals surface area contributed by atoms with E-state index in [1.165, 1.54) is 0 Å². The van der Waals surface area contributed by atoms with Crippen LogP contribution in [0.15, 0.2) is 131 Å². The van der Waals surface area contributed by atoms with Gasteiger partial charge in [-0.3, -0.25) is 4.79 Å². The van der Waals surface area contributed by atoms with Crippen molar-refractivity contribution in [3.8, 4) is 28.2 Å². The number of nitrogens with zero attached hydrogens (tertiary/aromatic N) is 2. The third-order valence-corrected chi connectivity index (χ3v) is 6.36. The Bertz CT molecular complexity index is 1480. The second-order valence-corrected chi connectivity index (χ2v) is 9.25. The number of nitrogens with one attached hydrogen (secondary N) is 1. The molecular formula is C31H24BrN3O. The number of rotatable bonds is 7. The van der Waals surface area contributed by atoms with E-state index in [1.54, 1.807) is 6.21 Å². The van der Waals surface area contributed by atoms with Crippen molar-refractivity contribution < 1.29 is 4.79 Å². The van der Waals surface area contributed by atoms with Crippen LogP contribution in [-0.4, -0.2) is 16.7 Å². The van der Waals surface area contributed by atoms with Gasteiger partial charge in [-0.25, -0.2) is 5.43 Å². The number of benzene rings is 4. The number of carbonyl (C=O) groups excluding carboxylic acids is 1. The quantitative estimate of drug-likeness (QED) is 0.173. The molecule has 0 atom stereocenters. The first-order chi connectivity index (χ1) is 17.7. The molecule has 0 spiro atoms. The van der Waals surface area contributed by atoms with Gasteiger partial charge in [0.1, 0.15) is 0 Å². The Balaban J connectivity index is 1.58. The monoisotopic (exact) mass is 533 g/mol. The summed E-state index contributed by atoms with van der Waals surface area (Å²) in [4.78, 5) is 12.5. The smallest absolute Gasteiger partial charge is 0.244 e. The number of aromatic nitrogens is 1. The van der Waals surface area contributed by atoms with Crippen LogP contribution in [0.2, 0.25) is 0 Å². The van der Waals surface area contributed by atoms with E-state index in [0.717, 1.165) is 43.8 Å². The first kappa shape index (κ1) is 23.5. The van der Waals surface area contributed by atoms with Crippen LogP contribution in [0.1, 0.15) is 11.1 Å². The van der Waals surface area contributed by atoms with Crippen molar-refractivity contribution in [3.63, 3.8) is 0 Å². The summed E-state index contributed by atoms with van der Waals surface area (Å²) in [5, 5.41) is 4.33. The van der Waals surface area contributed by atoms with Gasteiger partial charge in [0.05, 0.1) is 24.0 Å². The molecule has 36 heavy (non-hydrogen) atoms. The minimum absolute atomic E-state index is 0.158. The predicted molar refractivity (Wildman–Crippen MR) is 150 cm³/mol. The van der Waals surface area contributed by atoms with Gasteiger partial charge >= 0.3 is 0 Å². The van der Waals surface area contributed by atoms with Gasteiger partial charge < -0.3 is 4.57 Å². The van der Waals surface area contributed by atoms with E-state index in [2.05, 4.69) is 73.5 Å². The normalized spacial score (nSPS) is 11.0. The summed E-state index contributed by atoms with van der Waals surface area (Å²) in [5.74, 6) is -0.158. The molecule has 0 saturated heterocycles. The summed E-state index contributed by atoms with van der Waals surface area (Å²) in [6.07, 6.45) is 2.01. The number of hydrazone groups is 1. The van der Waals surface area contributed by atoms with Gasteiger partial charge in [0.15, 0.2) is 0 Å². The Hall–Kier alpha value is -4.22. The molecule has 0 saturated carbocycles. The highest BCUT2D eigenvalue weighted by atomic mass is 79.9. The van der Waals surface area contributed by atoms with Crippen LogP contribution >= 0.6 is 15.9 Å².